The number of benzene rings is 1. The number of sulfonamides is 1. The smallest absolute Gasteiger partial charge is 0.273 e. The highest BCUT2D eigenvalue weighted by atomic mass is 32.2. The second kappa shape index (κ2) is 5.30. The van der Waals surface area contributed by atoms with E-state index in [0.717, 1.165) is 0 Å². The first-order valence-electron chi connectivity index (χ1n) is 6.50. The second-order valence-electron chi connectivity index (χ2n) is 4.79. The van der Waals surface area contributed by atoms with E-state index in [0.29, 0.717) is 5.75 Å². The molecule has 2 heterocycles. The molecule has 0 aliphatic rings. The quantitative estimate of drug-likeness (QED) is 0.725. The van der Waals surface area contributed by atoms with Gasteiger partial charge in [-0.25, -0.2) is 13.1 Å². The van der Waals surface area contributed by atoms with Gasteiger partial charge >= 0.3 is 0 Å². The molecule has 0 unspecified atom stereocenters. The summed E-state index contributed by atoms with van der Waals surface area (Å²) in [4.78, 5) is 3.96. The SMILES string of the molecule is CC(C)Oc1ccc(S(=O)(=O)Nc2nnc3nc[nH]n23)cc1. The van der Waals surface area contributed by atoms with E-state index in [9.17, 15) is 8.42 Å². The Balaban J connectivity index is 1.85. The van der Waals surface area contributed by atoms with Gasteiger partial charge < -0.3 is 4.74 Å². The minimum Gasteiger partial charge on any atom is -0.491 e. The molecule has 0 spiro atoms. The fraction of sp³-hybridized carbons (Fsp3) is 0.250. The van der Waals surface area contributed by atoms with Gasteiger partial charge in [0.25, 0.3) is 21.7 Å². The number of fused-ring (bicyclic) bond motifs is 1. The van der Waals surface area contributed by atoms with Gasteiger partial charge in [0.1, 0.15) is 12.1 Å². The summed E-state index contributed by atoms with van der Waals surface area (Å²) in [6, 6.07) is 6.13. The van der Waals surface area contributed by atoms with E-state index in [1.807, 2.05) is 13.8 Å². The van der Waals surface area contributed by atoms with Crippen molar-refractivity contribution in [3.05, 3.63) is 30.6 Å². The third-order valence-corrected chi connectivity index (χ3v) is 4.09. The fourth-order valence-corrected chi connectivity index (χ4v) is 2.82. The van der Waals surface area contributed by atoms with Crippen molar-refractivity contribution in [1.82, 2.24) is 24.8 Å². The zero-order valence-electron chi connectivity index (χ0n) is 11.9. The van der Waals surface area contributed by atoms with Crippen LogP contribution in [0.25, 0.3) is 5.78 Å². The molecule has 3 rings (SSSR count). The molecule has 0 atom stereocenters. The van der Waals surface area contributed by atoms with Crippen LogP contribution in [0.5, 0.6) is 5.75 Å². The monoisotopic (exact) mass is 322 g/mol. The average Bonchev–Trinajstić information content (AvgIpc) is 3.04. The van der Waals surface area contributed by atoms with Crippen molar-refractivity contribution in [1.29, 1.82) is 0 Å². The summed E-state index contributed by atoms with van der Waals surface area (Å²) in [6.45, 7) is 3.79. The number of aromatic nitrogens is 5. The third-order valence-electron chi connectivity index (χ3n) is 2.74. The standard InChI is InChI=1S/C12H14N6O3S/c1-8(2)21-9-3-5-10(6-4-9)22(19,20)17-12-16-15-11-13-7-14-18(11)12/h3-8H,1-2H3,(H,16,17)(H,13,14,15). The fourth-order valence-electron chi connectivity index (χ4n) is 1.84. The first kappa shape index (κ1) is 14.3. The van der Waals surface area contributed by atoms with Crippen LogP contribution in [0.2, 0.25) is 0 Å². The molecule has 2 aromatic heterocycles. The van der Waals surface area contributed by atoms with Gasteiger partial charge in [-0.3, -0.25) is 5.10 Å². The second-order valence-corrected chi connectivity index (χ2v) is 6.47. The number of aromatic amines is 1. The molecule has 10 heteroatoms. The lowest BCUT2D eigenvalue weighted by molar-refractivity contribution is 0.242. The highest BCUT2D eigenvalue weighted by Gasteiger charge is 2.18. The summed E-state index contributed by atoms with van der Waals surface area (Å²) < 4.78 is 33.8. The van der Waals surface area contributed by atoms with Crippen LogP contribution < -0.4 is 9.46 Å². The Bertz CT molecular complexity index is 881. The Morgan fingerprint density at radius 1 is 1.23 bits per heavy atom. The van der Waals surface area contributed by atoms with Crippen LogP contribution in [0.3, 0.4) is 0 Å². The van der Waals surface area contributed by atoms with E-state index >= 15 is 0 Å². The summed E-state index contributed by atoms with van der Waals surface area (Å²) in [7, 11) is -3.77. The number of hydrogen-bond donors (Lipinski definition) is 2. The molecule has 0 aliphatic heterocycles. The van der Waals surface area contributed by atoms with E-state index in [-0.39, 0.29) is 22.7 Å². The number of hydrogen-bond acceptors (Lipinski definition) is 6. The summed E-state index contributed by atoms with van der Waals surface area (Å²) in [5.74, 6) is 0.917. The van der Waals surface area contributed by atoms with Crippen LogP contribution in [-0.4, -0.2) is 39.3 Å². The molecule has 22 heavy (non-hydrogen) atoms. The van der Waals surface area contributed by atoms with Crippen LogP contribution in [0.4, 0.5) is 5.95 Å². The minimum absolute atomic E-state index is 0.0187. The Morgan fingerprint density at radius 2 is 1.95 bits per heavy atom. The molecule has 0 radical (unpaired) electrons. The normalized spacial score (nSPS) is 12.0. The Kier molecular flexibility index (Phi) is 3.45. The lowest BCUT2D eigenvalue weighted by atomic mass is 10.3. The lowest BCUT2D eigenvalue weighted by Gasteiger charge is -2.10. The van der Waals surface area contributed by atoms with Gasteiger partial charge in [0.15, 0.2) is 0 Å². The minimum atomic E-state index is -3.77. The lowest BCUT2D eigenvalue weighted by Crippen LogP contribution is -2.15. The summed E-state index contributed by atoms with van der Waals surface area (Å²) >= 11 is 0. The predicted molar refractivity (Wildman–Crippen MR) is 78.1 cm³/mol. The highest BCUT2D eigenvalue weighted by Crippen LogP contribution is 2.19. The summed E-state index contributed by atoms with van der Waals surface area (Å²) in [6.07, 6.45) is 1.41. The summed E-state index contributed by atoms with van der Waals surface area (Å²) in [5, 5.41) is 10.2. The number of nitrogens with one attached hydrogen (secondary N) is 2. The number of H-pyrrole nitrogens is 1. The maximum absolute atomic E-state index is 12.3. The van der Waals surface area contributed by atoms with Gasteiger partial charge in [-0.15, -0.1) is 10.2 Å². The first-order valence-corrected chi connectivity index (χ1v) is 7.98. The van der Waals surface area contributed by atoms with Gasteiger partial charge in [-0.1, -0.05) is 0 Å². The van der Waals surface area contributed by atoms with Crippen molar-refractivity contribution in [3.63, 3.8) is 0 Å². The molecule has 116 valence electrons. The number of nitrogens with zero attached hydrogens (tertiary/aromatic N) is 4. The van der Waals surface area contributed by atoms with Crippen LogP contribution in [-0.2, 0) is 10.0 Å². The Labute approximate surface area is 126 Å². The van der Waals surface area contributed by atoms with Gasteiger partial charge in [-0.2, -0.15) is 9.50 Å². The molecule has 3 aromatic rings. The molecule has 0 amide bonds. The first-order chi connectivity index (χ1) is 10.5. The van der Waals surface area contributed by atoms with Gasteiger partial charge in [0.05, 0.1) is 11.0 Å². The number of rotatable bonds is 5. The zero-order chi connectivity index (χ0) is 15.7. The zero-order valence-corrected chi connectivity index (χ0v) is 12.7. The van der Waals surface area contributed by atoms with E-state index in [4.69, 9.17) is 4.74 Å². The number of anilines is 1. The van der Waals surface area contributed by atoms with E-state index < -0.39 is 10.0 Å². The summed E-state index contributed by atoms with van der Waals surface area (Å²) in [5.41, 5.74) is 0. The third kappa shape index (κ3) is 2.72. The van der Waals surface area contributed by atoms with Crippen molar-refractivity contribution >= 4 is 21.7 Å². The van der Waals surface area contributed by atoms with Gasteiger partial charge in [0.2, 0.25) is 0 Å². The van der Waals surface area contributed by atoms with Crippen LogP contribution in [0, 0.1) is 0 Å². The maximum Gasteiger partial charge on any atom is 0.273 e. The van der Waals surface area contributed by atoms with Crippen LogP contribution in [0.15, 0.2) is 35.5 Å². The Morgan fingerprint density at radius 3 is 2.64 bits per heavy atom. The number of ether oxygens (including phenoxy) is 1. The molecule has 0 aliphatic carbocycles. The van der Waals surface area contributed by atoms with Crippen molar-refractivity contribution in [2.24, 2.45) is 0 Å². The van der Waals surface area contributed by atoms with Crippen molar-refractivity contribution in [3.8, 4) is 5.75 Å². The Hall–Kier alpha value is -2.62. The molecule has 1 aromatic carbocycles. The maximum atomic E-state index is 12.3. The van der Waals surface area contributed by atoms with Crippen molar-refractivity contribution in [2.75, 3.05) is 4.72 Å². The molecule has 2 N–H and O–H groups in total. The molecule has 0 saturated carbocycles. The molecule has 0 fully saturated rings. The van der Waals surface area contributed by atoms with Crippen LogP contribution >= 0.6 is 0 Å². The molecule has 0 saturated heterocycles. The largest absolute Gasteiger partial charge is 0.491 e. The molecular weight excluding hydrogens is 308 g/mol. The van der Waals surface area contributed by atoms with Crippen molar-refractivity contribution < 1.29 is 13.2 Å². The van der Waals surface area contributed by atoms with E-state index in [1.54, 1.807) is 12.1 Å². The van der Waals surface area contributed by atoms with Crippen LogP contribution in [0.1, 0.15) is 13.8 Å². The molecule has 9 nitrogen and oxygen atoms in total. The highest BCUT2D eigenvalue weighted by molar-refractivity contribution is 7.92. The predicted octanol–water partition coefficient (Wildman–Crippen LogP) is 1.04. The molecule has 0 bridgehead atoms. The van der Waals surface area contributed by atoms with Crippen molar-refractivity contribution in [2.45, 2.75) is 24.8 Å². The van der Waals surface area contributed by atoms with E-state index in [1.165, 1.54) is 23.0 Å². The topological polar surface area (TPSA) is 114 Å². The van der Waals surface area contributed by atoms with Gasteiger partial charge in [0, 0.05) is 0 Å². The van der Waals surface area contributed by atoms with E-state index in [2.05, 4.69) is 25.0 Å². The average molecular weight is 322 g/mol. The van der Waals surface area contributed by atoms with Gasteiger partial charge in [-0.05, 0) is 38.1 Å². The molecular formula is C12H14N6O3S.